The van der Waals surface area contributed by atoms with Crippen molar-refractivity contribution < 1.29 is 9.63 Å². The molecule has 0 aliphatic carbocycles. The smallest absolute Gasteiger partial charge is 0.133 e. The van der Waals surface area contributed by atoms with Crippen molar-refractivity contribution in [1.82, 2.24) is 25.5 Å². The van der Waals surface area contributed by atoms with E-state index in [0.29, 0.717) is 19.6 Å². The van der Waals surface area contributed by atoms with Gasteiger partial charge in [-0.15, -0.1) is 5.10 Å². The Morgan fingerprint density at radius 2 is 2.24 bits per heavy atom. The Kier molecular flexibility index (Phi) is 3.84. The molecule has 0 amide bonds. The second-order valence-corrected chi connectivity index (χ2v) is 3.73. The zero-order valence-corrected chi connectivity index (χ0v) is 9.63. The van der Waals surface area contributed by atoms with Gasteiger partial charge in [-0.2, -0.15) is 0 Å². The third-order valence-corrected chi connectivity index (χ3v) is 2.20. The van der Waals surface area contributed by atoms with Gasteiger partial charge in [0.15, 0.2) is 0 Å². The van der Waals surface area contributed by atoms with Crippen molar-refractivity contribution in [2.24, 2.45) is 0 Å². The van der Waals surface area contributed by atoms with E-state index in [1.54, 1.807) is 10.9 Å². The van der Waals surface area contributed by atoms with Gasteiger partial charge < -0.3 is 14.9 Å². The van der Waals surface area contributed by atoms with Crippen LogP contribution in [0.1, 0.15) is 17.1 Å². The van der Waals surface area contributed by atoms with Crippen LogP contribution < -0.4 is 5.32 Å². The quantitative estimate of drug-likeness (QED) is 0.726. The molecule has 0 fully saturated rings. The molecule has 7 heteroatoms. The third kappa shape index (κ3) is 3.36. The minimum Gasteiger partial charge on any atom is -0.394 e. The molecule has 0 radical (unpaired) electrons. The second kappa shape index (κ2) is 5.55. The minimum atomic E-state index is 0.0639. The number of aryl methyl sites for hydroxylation is 1. The first-order valence-corrected chi connectivity index (χ1v) is 5.40. The molecule has 2 rings (SSSR count). The van der Waals surface area contributed by atoms with Gasteiger partial charge in [0, 0.05) is 25.4 Å². The van der Waals surface area contributed by atoms with E-state index in [4.69, 9.17) is 9.63 Å². The molecule has 0 aliphatic rings. The van der Waals surface area contributed by atoms with E-state index in [1.165, 1.54) is 0 Å². The molecule has 92 valence electrons. The maximum atomic E-state index is 8.73. The number of nitrogens with one attached hydrogen (secondary N) is 1. The van der Waals surface area contributed by atoms with Crippen LogP contribution in [-0.4, -0.2) is 31.9 Å². The average molecular weight is 237 g/mol. The van der Waals surface area contributed by atoms with E-state index in [1.807, 2.05) is 13.0 Å². The summed E-state index contributed by atoms with van der Waals surface area (Å²) in [5, 5.41) is 23.6. The number of aliphatic hydroxyl groups is 1. The summed E-state index contributed by atoms with van der Waals surface area (Å²) >= 11 is 0. The largest absolute Gasteiger partial charge is 0.394 e. The molecule has 0 aliphatic heterocycles. The Labute approximate surface area is 98.4 Å². The maximum absolute atomic E-state index is 8.73. The standard InChI is InChI=1S/C10H15N5O2/c1-8-4-9(13-17-8)5-11-6-10-7-15(2-3-16)14-12-10/h4,7,11,16H,2-3,5-6H2,1H3. The van der Waals surface area contributed by atoms with Gasteiger partial charge in [-0.05, 0) is 6.92 Å². The van der Waals surface area contributed by atoms with Crippen LogP contribution in [0, 0.1) is 6.92 Å². The van der Waals surface area contributed by atoms with E-state index in [9.17, 15) is 0 Å². The summed E-state index contributed by atoms with van der Waals surface area (Å²) in [7, 11) is 0. The predicted molar refractivity (Wildman–Crippen MR) is 58.9 cm³/mol. The molecule has 2 aromatic heterocycles. The van der Waals surface area contributed by atoms with Crippen molar-refractivity contribution in [2.45, 2.75) is 26.6 Å². The second-order valence-electron chi connectivity index (χ2n) is 3.73. The highest BCUT2D eigenvalue weighted by Crippen LogP contribution is 2.01. The van der Waals surface area contributed by atoms with Gasteiger partial charge in [0.2, 0.25) is 0 Å². The van der Waals surface area contributed by atoms with E-state index in [0.717, 1.165) is 17.1 Å². The highest BCUT2D eigenvalue weighted by atomic mass is 16.5. The molecule has 0 bridgehead atoms. The lowest BCUT2D eigenvalue weighted by atomic mass is 10.3. The van der Waals surface area contributed by atoms with Gasteiger partial charge in [-0.3, -0.25) is 0 Å². The van der Waals surface area contributed by atoms with Crippen molar-refractivity contribution >= 4 is 0 Å². The molecule has 0 atom stereocenters. The minimum absolute atomic E-state index is 0.0639. The Morgan fingerprint density at radius 1 is 1.41 bits per heavy atom. The Morgan fingerprint density at radius 3 is 2.94 bits per heavy atom. The van der Waals surface area contributed by atoms with Crippen LogP contribution in [0.5, 0.6) is 0 Å². The van der Waals surface area contributed by atoms with Gasteiger partial charge in [0.25, 0.3) is 0 Å². The fraction of sp³-hybridized carbons (Fsp3) is 0.500. The van der Waals surface area contributed by atoms with Gasteiger partial charge in [-0.1, -0.05) is 10.4 Å². The summed E-state index contributed by atoms with van der Waals surface area (Å²) in [6.07, 6.45) is 1.80. The summed E-state index contributed by atoms with van der Waals surface area (Å²) < 4.78 is 6.56. The van der Waals surface area contributed by atoms with E-state index in [2.05, 4.69) is 20.8 Å². The molecular formula is C10H15N5O2. The molecule has 17 heavy (non-hydrogen) atoms. The molecular weight excluding hydrogens is 222 g/mol. The lowest BCUT2D eigenvalue weighted by molar-refractivity contribution is 0.268. The van der Waals surface area contributed by atoms with Crippen molar-refractivity contribution in [2.75, 3.05) is 6.61 Å². The van der Waals surface area contributed by atoms with Gasteiger partial charge in [-0.25, -0.2) is 4.68 Å². The van der Waals surface area contributed by atoms with Gasteiger partial charge in [0.05, 0.1) is 24.5 Å². The Balaban J connectivity index is 1.77. The van der Waals surface area contributed by atoms with Crippen LogP contribution in [0.25, 0.3) is 0 Å². The number of hydrogen-bond donors (Lipinski definition) is 2. The van der Waals surface area contributed by atoms with Crippen LogP contribution in [0.3, 0.4) is 0 Å². The molecule has 0 aromatic carbocycles. The first kappa shape index (κ1) is 11.7. The fourth-order valence-electron chi connectivity index (χ4n) is 1.45. The molecule has 2 aromatic rings. The number of aromatic nitrogens is 4. The first-order chi connectivity index (χ1) is 8.28. The molecule has 0 unspecified atom stereocenters. The number of rotatable bonds is 6. The fourth-order valence-corrected chi connectivity index (χ4v) is 1.45. The third-order valence-electron chi connectivity index (χ3n) is 2.20. The van der Waals surface area contributed by atoms with Gasteiger partial charge >= 0.3 is 0 Å². The Hall–Kier alpha value is -1.73. The van der Waals surface area contributed by atoms with E-state index >= 15 is 0 Å². The molecule has 7 nitrogen and oxygen atoms in total. The van der Waals surface area contributed by atoms with E-state index in [-0.39, 0.29) is 6.61 Å². The van der Waals surface area contributed by atoms with E-state index < -0.39 is 0 Å². The summed E-state index contributed by atoms with van der Waals surface area (Å²) in [5.41, 5.74) is 1.70. The van der Waals surface area contributed by atoms with Crippen molar-refractivity contribution in [3.8, 4) is 0 Å². The summed E-state index contributed by atoms with van der Waals surface area (Å²) in [6, 6.07) is 1.88. The van der Waals surface area contributed by atoms with Crippen LogP contribution >= 0.6 is 0 Å². The first-order valence-electron chi connectivity index (χ1n) is 5.40. The number of hydrogen-bond acceptors (Lipinski definition) is 6. The zero-order valence-electron chi connectivity index (χ0n) is 9.63. The average Bonchev–Trinajstić information content (AvgIpc) is 2.89. The lowest BCUT2D eigenvalue weighted by Crippen LogP contribution is -2.13. The highest BCUT2D eigenvalue weighted by Gasteiger charge is 2.02. The van der Waals surface area contributed by atoms with Crippen LogP contribution in [0.4, 0.5) is 0 Å². The van der Waals surface area contributed by atoms with Crippen molar-refractivity contribution in [3.05, 3.63) is 29.4 Å². The molecule has 0 saturated carbocycles. The number of aliphatic hydroxyl groups excluding tert-OH is 1. The highest BCUT2D eigenvalue weighted by molar-refractivity contribution is 5.03. The lowest BCUT2D eigenvalue weighted by Gasteiger charge is -1.97. The number of nitrogens with zero attached hydrogens (tertiary/aromatic N) is 4. The predicted octanol–water partition coefficient (Wildman–Crippen LogP) is -0.143. The normalized spacial score (nSPS) is 10.9. The summed E-state index contributed by atoms with van der Waals surface area (Å²) in [5.74, 6) is 0.802. The van der Waals surface area contributed by atoms with Crippen molar-refractivity contribution in [3.63, 3.8) is 0 Å². The van der Waals surface area contributed by atoms with Crippen LogP contribution in [0.15, 0.2) is 16.8 Å². The summed E-state index contributed by atoms with van der Waals surface area (Å²) in [6.45, 7) is 3.63. The summed E-state index contributed by atoms with van der Waals surface area (Å²) in [4.78, 5) is 0. The SMILES string of the molecule is Cc1cc(CNCc2cn(CCO)nn2)no1. The molecule has 2 heterocycles. The molecule has 2 N–H and O–H groups in total. The molecule has 0 spiro atoms. The van der Waals surface area contributed by atoms with Gasteiger partial charge in [0.1, 0.15) is 5.76 Å². The maximum Gasteiger partial charge on any atom is 0.133 e. The Bertz CT molecular complexity index is 465. The zero-order chi connectivity index (χ0) is 12.1. The van der Waals surface area contributed by atoms with Crippen LogP contribution in [-0.2, 0) is 19.6 Å². The van der Waals surface area contributed by atoms with Crippen LogP contribution in [0.2, 0.25) is 0 Å². The van der Waals surface area contributed by atoms with Crippen molar-refractivity contribution in [1.29, 1.82) is 0 Å². The molecule has 0 saturated heterocycles. The topological polar surface area (TPSA) is 89.0 Å². The monoisotopic (exact) mass is 237 g/mol.